The van der Waals surface area contributed by atoms with Crippen molar-refractivity contribution in [2.75, 3.05) is 13.7 Å². The lowest BCUT2D eigenvalue weighted by Gasteiger charge is -2.20. The second-order valence-corrected chi connectivity index (χ2v) is 5.14. The van der Waals surface area contributed by atoms with Gasteiger partial charge in [0.05, 0.1) is 7.11 Å². The van der Waals surface area contributed by atoms with Crippen molar-refractivity contribution in [1.29, 1.82) is 0 Å². The summed E-state index contributed by atoms with van der Waals surface area (Å²) < 4.78 is 10.6. The maximum absolute atomic E-state index is 12.3. The normalized spacial score (nSPS) is 12.8. The smallest absolute Gasteiger partial charge is 0.326 e. The molecule has 2 N–H and O–H groups in total. The van der Waals surface area contributed by atoms with Gasteiger partial charge in [0.25, 0.3) is 5.91 Å². The Bertz CT molecular complexity index is 570. The van der Waals surface area contributed by atoms with E-state index in [4.69, 9.17) is 9.47 Å². The second kappa shape index (κ2) is 8.82. The molecule has 6 heteroatoms. The van der Waals surface area contributed by atoms with E-state index in [2.05, 4.69) is 11.9 Å². The standard InChI is InChI=1S/C17H23NO5/c1-5-9-23-13-8-7-12(10-14(13)22-4)16(19)18-15(17(20)21)11(3)6-2/h5,7-8,10-11,15H,1,6,9H2,2-4H3,(H,18,19)(H,20,21). The van der Waals surface area contributed by atoms with Crippen molar-refractivity contribution in [2.45, 2.75) is 26.3 Å². The number of carbonyl (C=O) groups is 2. The summed E-state index contributed by atoms with van der Waals surface area (Å²) in [5.41, 5.74) is 0.308. The first-order chi connectivity index (χ1) is 10.9. The molecule has 1 rings (SSSR count). The van der Waals surface area contributed by atoms with Crippen molar-refractivity contribution in [1.82, 2.24) is 5.32 Å². The zero-order valence-corrected chi connectivity index (χ0v) is 13.7. The molecule has 1 aromatic carbocycles. The third-order valence-corrected chi connectivity index (χ3v) is 3.55. The Morgan fingerprint density at radius 2 is 2.09 bits per heavy atom. The van der Waals surface area contributed by atoms with E-state index in [1.165, 1.54) is 13.2 Å². The largest absolute Gasteiger partial charge is 0.493 e. The molecule has 2 atom stereocenters. The third-order valence-electron chi connectivity index (χ3n) is 3.55. The van der Waals surface area contributed by atoms with E-state index in [1.807, 2.05) is 6.92 Å². The van der Waals surface area contributed by atoms with Gasteiger partial charge in [-0.05, 0) is 24.1 Å². The fourth-order valence-corrected chi connectivity index (χ4v) is 1.98. The van der Waals surface area contributed by atoms with Crippen molar-refractivity contribution in [3.8, 4) is 11.5 Å². The van der Waals surface area contributed by atoms with Gasteiger partial charge in [-0.1, -0.05) is 32.9 Å². The van der Waals surface area contributed by atoms with Gasteiger partial charge < -0.3 is 19.9 Å². The van der Waals surface area contributed by atoms with Crippen molar-refractivity contribution >= 4 is 11.9 Å². The average molecular weight is 321 g/mol. The van der Waals surface area contributed by atoms with E-state index in [0.29, 0.717) is 30.1 Å². The number of carbonyl (C=O) groups excluding carboxylic acids is 1. The van der Waals surface area contributed by atoms with E-state index >= 15 is 0 Å². The first-order valence-corrected chi connectivity index (χ1v) is 7.39. The zero-order chi connectivity index (χ0) is 17.4. The lowest BCUT2D eigenvalue weighted by Crippen LogP contribution is -2.45. The number of carboxylic acid groups (broad SMARTS) is 1. The van der Waals surface area contributed by atoms with Crippen LogP contribution in [0.3, 0.4) is 0 Å². The van der Waals surface area contributed by atoms with Gasteiger partial charge in [-0.25, -0.2) is 4.79 Å². The van der Waals surface area contributed by atoms with E-state index in [-0.39, 0.29) is 5.92 Å². The molecule has 1 amide bonds. The monoisotopic (exact) mass is 321 g/mol. The molecule has 6 nitrogen and oxygen atoms in total. The van der Waals surface area contributed by atoms with Gasteiger partial charge in [-0.15, -0.1) is 0 Å². The quantitative estimate of drug-likeness (QED) is 0.683. The number of ether oxygens (including phenoxy) is 2. The number of methoxy groups -OCH3 is 1. The number of hydrogen-bond acceptors (Lipinski definition) is 4. The van der Waals surface area contributed by atoms with Gasteiger partial charge >= 0.3 is 5.97 Å². The highest BCUT2D eigenvalue weighted by Crippen LogP contribution is 2.28. The predicted octanol–water partition coefficient (Wildman–Crippen LogP) is 2.49. The molecule has 23 heavy (non-hydrogen) atoms. The molecule has 2 unspecified atom stereocenters. The molecule has 126 valence electrons. The Kier molecular flexibility index (Phi) is 7.12. The highest BCUT2D eigenvalue weighted by atomic mass is 16.5. The number of aliphatic carboxylic acids is 1. The minimum atomic E-state index is -1.05. The fourth-order valence-electron chi connectivity index (χ4n) is 1.98. The average Bonchev–Trinajstić information content (AvgIpc) is 2.56. The first kappa shape index (κ1) is 18.5. The molecular weight excluding hydrogens is 298 g/mol. The van der Waals surface area contributed by atoms with Crippen molar-refractivity contribution in [2.24, 2.45) is 5.92 Å². The van der Waals surface area contributed by atoms with Crippen LogP contribution in [0, 0.1) is 5.92 Å². The van der Waals surface area contributed by atoms with Gasteiger partial charge in [0, 0.05) is 5.56 Å². The number of rotatable bonds is 9. The van der Waals surface area contributed by atoms with Crippen LogP contribution in [0.4, 0.5) is 0 Å². The van der Waals surface area contributed by atoms with Crippen LogP contribution in [0.25, 0.3) is 0 Å². The topological polar surface area (TPSA) is 84.9 Å². The summed E-state index contributed by atoms with van der Waals surface area (Å²) in [7, 11) is 1.47. The molecule has 0 aliphatic rings. The molecule has 0 heterocycles. The van der Waals surface area contributed by atoms with Gasteiger partial charge in [0.2, 0.25) is 0 Å². The molecule has 0 spiro atoms. The zero-order valence-electron chi connectivity index (χ0n) is 13.7. The Hall–Kier alpha value is -2.50. The maximum atomic E-state index is 12.3. The molecule has 1 aromatic rings. The Labute approximate surface area is 136 Å². The Balaban J connectivity index is 2.94. The Morgan fingerprint density at radius 1 is 1.39 bits per heavy atom. The maximum Gasteiger partial charge on any atom is 0.326 e. The minimum Gasteiger partial charge on any atom is -0.493 e. The lowest BCUT2D eigenvalue weighted by molar-refractivity contribution is -0.140. The highest BCUT2D eigenvalue weighted by molar-refractivity contribution is 5.97. The summed E-state index contributed by atoms with van der Waals surface area (Å²) in [4.78, 5) is 23.6. The number of amides is 1. The second-order valence-electron chi connectivity index (χ2n) is 5.14. The summed E-state index contributed by atoms with van der Waals surface area (Å²) >= 11 is 0. The molecule has 0 fully saturated rings. The van der Waals surface area contributed by atoms with E-state index in [1.54, 1.807) is 25.1 Å². The third kappa shape index (κ3) is 5.02. The molecule has 0 aromatic heterocycles. The summed E-state index contributed by atoms with van der Waals surface area (Å²) in [6.45, 7) is 7.54. The molecule has 0 aliphatic heterocycles. The fraction of sp³-hybridized carbons (Fsp3) is 0.412. The molecule has 0 saturated heterocycles. The number of hydrogen-bond donors (Lipinski definition) is 2. The van der Waals surface area contributed by atoms with E-state index in [9.17, 15) is 14.7 Å². The summed E-state index contributed by atoms with van der Waals surface area (Å²) in [5, 5.41) is 11.8. The van der Waals surface area contributed by atoms with Gasteiger partial charge in [-0.2, -0.15) is 0 Å². The SMILES string of the molecule is C=CCOc1ccc(C(=O)NC(C(=O)O)C(C)CC)cc1OC. The predicted molar refractivity (Wildman–Crippen MR) is 87.0 cm³/mol. The van der Waals surface area contributed by atoms with Crippen LogP contribution in [0.2, 0.25) is 0 Å². The molecule has 0 saturated carbocycles. The molecule has 0 radical (unpaired) electrons. The van der Waals surface area contributed by atoms with Crippen molar-refractivity contribution < 1.29 is 24.2 Å². The van der Waals surface area contributed by atoms with Gasteiger partial charge in [-0.3, -0.25) is 4.79 Å². The number of benzene rings is 1. The summed E-state index contributed by atoms with van der Waals surface area (Å²) in [5.74, 6) is -0.805. The number of nitrogens with one attached hydrogen (secondary N) is 1. The van der Waals surface area contributed by atoms with Crippen LogP contribution in [0.1, 0.15) is 30.6 Å². The van der Waals surface area contributed by atoms with Crippen LogP contribution in [0.5, 0.6) is 11.5 Å². The van der Waals surface area contributed by atoms with Crippen LogP contribution >= 0.6 is 0 Å². The molecule has 0 aliphatic carbocycles. The van der Waals surface area contributed by atoms with Gasteiger partial charge in [0.1, 0.15) is 12.6 Å². The highest BCUT2D eigenvalue weighted by Gasteiger charge is 2.26. The lowest BCUT2D eigenvalue weighted by atomic mass is 9.99. The first-order valence-electron chi connectivity index (χ1n) is 7.39. The van der Waals surface area contributed by atoms with Crippen LogP contribution < -0.4 is 14.8 Å². The van der Waals surface area contributed by atoms with Crippen molar-refractivity contribution in [3.63, 3.8) is 0 Å². The number of carboxylic acids is 1. The molecular formula is C17H23NO5. The summed E-state index contributed by atoms with van der Waals surface area (Å²) in [6, 6.07) is 3.75. The minimum absolute atomic E-state index is 0.173. The molecule has 0 bridgehead atoms. The van der Waals surface area contributed by atoms with E-state index in [0.717, 1.165) is 0 Å². The van der Waals surface area contributed by atoms with Crippen LogP contribution in [0.15, 0.2) is 30.9 Å². The Morgan fingerprint density at radius 3 is 2.61 bits per heavy atom. The van der Waals surface area contributed by atoms with Crippen molar-refractivity contribution in [3.05, 3.63) is 36.4 Å². The summed E-state index contributed by atoms with van der Waals surface area (Å²) in [6.07, 6.45) is 2.25. The van der Waals surface area contributed by atoms with E-state index < -0.39 is 17.9 Å². The van der Waals surface area contributed by atoms with Crippen LogP contribution in [-0.2, 0) is 4.79 Å². The van der Waals surface area contributed by atoms with Gasteiger partial charge in [0.15, 0.2) is 11.5 Å². The van der Waals surface area contributed by atoms with Crippen LogP contribution in [-0.4, -0.2) is 36.7 Å².